The Bertz CT molecular complexity index is 664. The highest BCUT2D eigenvalue weighted by atomic mass is 35.5. The normalized spacial score (nSPS) is 18.9. The molecule has 0 amide bonds. The molecule has 136 valence electrons. The third kappa shape index (κ3) is 5.03. The van der Waals surface area contributed by atoms with Crippen LogP contribution in [0.3, 0.4) is 0 Å². The summed E-state index contributed by atoms with van der Waals surface area (Å²) in [5, 5.41) is 3.71. The lowest BCUT2D eigenvalue weighted by Gasteiger charge is -2.31. The van der Waals surface area contributed by atoms with Gasteiger partial charge < -0.3 is 9.73 Å². The summed E-state index contributed by atoms with van der Waals surface area (Å²) in [7, 11) is 0. The van der Waals surface area contributed by atoms with E-state index in [1.54, 1.807) is 18.4 Å². The smallest absolute Gasteiger partial charge is 0.226 e. The van der Waals surface area contributed by atoms with Crippen LogP contribution in [0.15, 0.2) is 34.9 Å². The molecule has 1 aliphatic carbocycles. The van der Waals surface area contributed by atoms with Crippen molar-refractivity contribution in [2.45, 2.75) is 38.3 Å². The Morgan fingerprint density at radius 1 is 1.12 bits per heavy atom. The molecule has 0 bridgehead atoms. The van der Waals surface area contributed by atoms with E-state index in [1.165, 1.54) is 44.4 Å². The molecule has 1 saturated carbocycles. The van der Waals surface area contributed by atoms with Crippen molar-refractivity contribution in [3.8, 4) is 11.5 Å². The number of aromatic nitrogens is 1. The molecule has 1 saturated heterocycles. The van der Waals surface area contributed by atoms with Crippen LogP contribution in [0.4, 0.5) is 4.39 Å². The average Bonchev–Trinajstić information content (AvgIpc) is 3.33. The molecule has 1 aromatic carbocycles. The maximum absolute atomic E-state index is 13.0. The molecule has 0 atom stereocenters. The Kier molecular flexibility index (Phi) is 6.10. The van der Waals surface area contributed by atoms with Gasteiger partial charge in [0.1, 0.15) is 12.1 Å². The molecule has 1 N–H and O–H groups in total. The summed E-state index contributed by atoms with van der Waals surface area (Å²) < 4.78 is 18.5. The highest BCUT2D eigenvalue weighted by Gasteiger charge is 2.24. The van der Waals surface area contributed by atoms with Gasteiger partial charge in [-0.3, -0.25) is 4.90 Å². The second kappa shape index (κ2) is 8.30. The van der Waals surface area contributed by atoms with Crippen molar-refractivity contribution >= 4 is 12.4 Å². The minimum Gasteiger partial charge on any atom is -0.444 e. The maximum Gasteiger partial charge on any atom is 0.226 e. The predicted octanol–water partition coefficient (Wildman–Crippen LogP) is 3.87. The van der Waals surface area contributed by atoms with E-state index in [-0.39, 0.29) is 18.2 Å². The summed E-state index contributed by atoms with van der Waals surface area (Å²) in [6.07, 6.45) is 6.95. The molecule has 2 aliphatic rings. The zero-order valence-corrected chi connectivity index (χ0v) is 15.1. The summed E-state index contributed by atoms with van der Waals surface area (Å²) in [6, 6.07) is 6.93. The SMILES string of the molecule is Cl.Fc1ccc(-c2nc(CN3CCC(NCC4CC4)CC3)co2)cc1. The van der Waals surface area contributed by atoms with Gasteiger partial charge in [-0.2, -0.15) is 0 Å². The third-order valence-electron chi connectivity index (χ3n) is 5.01. The molecular formula is C19H25ClFN3O. The Morgan fingerprint density at radius 3 is 2.52 bits per heavy atom. The summed E-state index contributed by atoms with van der Waals surface area (Å²) in [5.41, 5.74) is 1.75. The standard InChI is InChI=1S/C19H24FN3O.ClH/c20-16-5-3-15(4-6-16)19-22-18(13-24-19)12-23-9-7-17(8-10-23)21-11-14-1-2-14;/h3-6,13-14,17,21H,1-2,7-12H2;1H. The molecule has 2 aromatic rings. The van der Waals surface area contributed by atoms with E-state index >= 15 is 0 Å². The van der Waals surface area contributed by atoms with Gasteiger partial charge in [0.05, 0.1) is 5.69 Å². The van der Waals surface area contributed by atoms with Crippen LogP contribution in [0, 0.1) is 11.7 Å². The van der Waals surface area contributed by atoms with Crippen molar-refractivity contribution in [1.82, 2.24) is 15.2 Å². The zero-order valence-electron chi connectivity index (χ0n) is 14.3. The highest BCUT2D eigenvalue weighted by molar-refractivity contribution is 5.85. The zero-order chi connectivity index (χ0) is 16.4. The van der Waals surface area contributed by atoms with Crippen LogP contribution < -0.4 is 5.32 Å². The highest BCUT2D eigenvalue weighted by Crippen LogP contribution is 2.28. The first-order valence-corrected chi connectivity index (χ1v) is 8.92. The van der Waals surface area contributed by atoms with Gasteiger partial charge in [0.15, 0.2) is 0 Å². The molecule has 0 unspecified atom stereocenters. The third-order valence-corrected chi connectivity index (χ3v) is 5.01. The fraction of sp³-hybridized carbons (Fsp3) is 0.526. The van der Waals surface area contributed by atoms with Gasteiger partial charge in [-0.25, -0.2) is 9.37 Å². The van der Waals surface area contributed by atoms with Crippen LogP contribution in [-0.4, -0.2) is 35.6 Å². The van der Waals surface area contributed by atoms with E-state index in [1.807, 2.05) is 0 Å². The number of benzene rings is 1. The number of hydrogen-bond donors (Lipinski definition) is 1. The largest absolute Gasteiger partial charge is 0.444 e. The fourth-order valence-electron chi connectivity index (χ4n) is 3.28. The van der Waals surface area contributed by atoms with Gasteiger partial charge >= 0.3 is 0 Å². The number of halogens is 2. The lowest BCUT2D eigenvalue weighted by molar-refractivity contribution is 0.188. The van der Waals surface area contributed by atoms with Crippen molar-refractivity contribution in [2.24, 2.45) is 5.92 Å². The molecule has 2 heterocycles. The van der Waals surface area contributed by atoms with Crippen molar-refractivity contribution < 1.29 is 8.81 Å². The van der Waals surface area contributed by atoms with E-state index in [0.29, 0.717) is 11.9 Å². The summed E-state index contributed by atoms with van der Waals surface area (Å²) in [4.78, 5) is 6.98. The molecule has 25 heavy (non-hydrogen) atoms. The first kappa shape index (κ1) is 18.4. The van der Waals surface area contributed by atoms with Crippen molar-refractivity contribution in [3.63, 3.8) is 0 Å². The van der Waals surface area contributed by atoms with Crippen LogP contribution in [0.1, 0.15) is 31.4 Å². The molecule has 2 fully saturated rings. The quantitative estimate of drug-likeness (QED) is 0.843. The number of hydrogen-bond acceptors (Lipinski definition) is 4. The monoisotopic (exact) mass is 365 g/mol. The Labute approximate surface area is 154 Å². The van der Waals surface area contributed by atoms with Gasteiger partial charge in [0, 0.05) is 31.2 Å². The Balaban J connectivity index is 0.00000182. The molecule has 0 radical (unpaired) electrons. The molecule has 4 rings (SSSR count). The van der Waals surface area contributed by atoms with E-state index in [4.69, 9.17) is 4.42 Å². The first-order valence-electron chi connectivity index (χ1n) is 8.92. The molecule has 1 aromatic heterocycles. The van der Waals surface area contributed by atoms with Crippen LogP contribution in [-0.2, 0) is 6.54 Å². The Hall–Kier alpha value is -1.43. The molecule has 1 aliphatic heterocycles. The van der Waals surface area contributed by atoms with Crippen LogP contribution >= 0.6 is 12.4 Å². The van der Waals surface area contributed by atoms with E-state index in [0.717, 1.165) is 36.8 Å². The van der Waals surface area contributed by atoms with Crippen LogP contribution in [0.2, 0.25) is 0 Å². The molecular weight excluding hydrogens is 341 g/mol. The number of piperidine rings is 1. The minimum atomic E-state index is -0.247. The lowest BCUT2D eigenvalue weighted by Crippen LogP contribution is -2.42. The second-order valence-corrected chi connectivity index (χ2v) is 7.05. The van der Waals surface area contributed by atoms with E-state index in [9.17, 15) is 4.39 Å². The number of likely N-dealkylation sites (tertiary alicyclic amines) is 1. The second-order valence-electron chi connectivity index (χ2n) is 7.05. The molecule has 4 nitrogen and oxygen atoms in total. The Morgan fingerprint density at radius 2 is 1.84 bits per heavy atom. The number of nitrogens with one attached hydrogen (secondary N) is 1. The maximum atomic E-state index is 13.0. The van der Waals surface area contributed by atoms with E-state index in [2.05, 4.69) is 15.2 Å². The van der Waals surface area contributed by atoms with Crippen molar-refractivity contribution in [3.05, 3.63) is 42.0 Å². The van der Waals surface area contributed by atoms with Crippen LogP contribution in [0.5, 0.6) is 0 Å². The number of rotatable bonds is 6. The number of nitrogens with zero attached hydrogens (tertiary/aromatic N) is 2. The number of oxazole rings is 1. The van der Waals surface area contributed by atoms with Gasteiger partial charge in [-0.15, -0.1) is 12.4 Å². The summed E-state index contributed by atoms with van der Waals surface area (Å²) >= 11 is 0. The van der Waals surface area contributed by atoms with Gasteiger partial charge in [-0.1, -0.05) is 0 Å². The summed E-state index contributed by atoms with van der Waals surface area (Å²) in [6.45, 7) is 4.22. The average molecular weight is 366 g/mol. The lowest BCUT2D eigenvalue weighted by atomic mass is 10.0. The van der Waals surface area contributed by atoms with Gasteiger partial charge in [-0.05, 0) is 62.4 Å². The fourth-order valence-corrected chi connectivity index (χ4v) is 3.28. The van der Waals surface area contributed by atoms with E-state index < -0.39 is 0 Å². The van der Waals surface area contributed by atoms with Gasteiger partial charge in [0.25, 0.3) is 0 Å². The predicted molar refractivity (Wildman–Crippen MR) is 98.2 cm³/mol. The summed E-state index contributed by atoms with van der Waals surface area (Å²) in [5.74, 6) is 1.26. The first-order chi connectivity index (χ1) is 11.8. The molecule has 6 heteroatoms. The molecule has 0 spiro atoms. The van der Waals surface area contributed by atoms with Crippen molar-refractivity contribution in [1.29, 1.82) is 0 Å². The van der Waals surface area contributed by atoms with Gasteiger partial charge in [0.2, 0.25) is 5.89 Å². The minimum absolute atomic E-state index is 0. The topological polar surface area (TPSA) is 41.3 Å². The van der Waals surface area contributed by atoms with Crippen LogP contribution in [0.25, 0.3) is 11.5 Å². The van der Waals surface area contributed by atoms with Crippen molar-refractivity contribution in [2.75, 3.05) is 19.6 Å².